The van der Waals surface area contributed by atoms with Crippen LogP contribution in [0.15, 0.2) is 11.6 Å². The fourth-order valence-electron chi connectivity index (χ4n) is 6.37. The van der Waals surface area contributed by atoms with Crippen molar-refractivity contribution in [2.75, 3.05) is 6.61 Å². The number of esters is 1. The van der Waals surface area contributed by atoms with Crippen LogP contribution in [0.5, 0.6) is 0 Å². The average Bonchev–Trinajstić information content (AvgIpc) is 2.86. The molecule has 0 aromatic rings. The van der Waals surface area contributed by atoms with Crippen molar-refractivity contribution in [3.05, 3.63) is 11.6 Å². The molecule has 5 nitrogen and oxygen atoms in total. The number of carbonyl (C=O) groups excluding carboxylic acids is 1. The van der Waals surface area contributed by atoms with Crippen LogP contribution in [-0.2, 0) is 19.1 Å². The minimum absolute atomic E-state index is 0.000263. The highest BCUT2D eigenvalue weighted by Gasteiger charge is 2.65. The van der Waals surface area contributed by atoms with Gasteiger partial charge in [-0.1, -0.05) is 33.3 Å². The Kier molecular flexibility index (Phi) is 4.99. The van der Waals surface area contributed by atoms with Crippen molar-refractivity contribution in [2.24, 2.45) is 16.7 Å². The Balaban J connectivity index is 2.04. The largest absolute Gasteiger partial charge is 0.481 e. The monoisotopic (exact) mass is 378 g/mol. The Hall–Kier alpha value is -1.36. The van der Waals surface area contributed by atoms with E-state index in [0.29, 0.717) is 12.3 Å². The lowest BCUT2D eigenvalue weighted by molar-refractivity contribution is -0.196. The number of carboxylic acids is 1. The summed E-state index contributed by atoms with van der Waals surface area (Å²) in [6.45, 7) is 10.6. The van der Waals surface area contributed by atoms with E-state index in [4.69, 9.17) is 9.47 Å². The summed E-state index contributed by atoms with van der Waals surface area (Å²) in [7, 11) is 0. The third kappa shape index (κ3) is 3.32. The molecule has 1 saturated carbocycles. The van der Waals surface area contributed by atoms with Crippen LogP contribution in [-0.4, -0.2) is 34.9 Å². The molecule has 0 aromatic heterocycles. The lowest BCUT2D eigenvalue weighted by Crippen LogP contribution is -2.60. The Bertz CT molecular complexity index is 666. The van der Waals surface area contributed by atoms with Crippen LogP contribution in [0.4, 0.5) is 0 Å². The van der Waals surface area contributed by atoms with E-state index in [1.807, 2.05) is 6.92 Å². The van der Waals surface area contributed by atoms with Gasteiger partial charge in [-0.2, -0.15) is 0 Å². The highest BCUT2D eigenvalue weighted by atomic mass is 16.5. The summed E-state index contributed by atoms with van der Waals surface area (Å²) in [4.78, 5) is 22.9. The minimum atomic E-state index is -0.832. The second kappa shape index (κ2) is 6.61. The van der Waals surface area contributed by atoms with Gasteiger partial charge in [0.05, 0.1) is 17.6 Å². The summed E-state index contributed by atoms with van der Waals surface area (Å²) in [6, 6.07) is 0. The van der Waals surface area contributed by atoms with Crippen LogP contribution in [0.3, 0.4) is 0 Å². The summed E-state index contributed by atoms with van der Waals surface area (Å²) in [6.07, 6.45) is 8.06. The number of hydrogen-bond donors (Lipinski definition) is 1. The van der Waals surface area contributed by atoms with Crippen LogP contribution < -0.4 is 0 Å². The Morgan fingerprint density at radius 2 is 1.89 bits per heavy atom. The van der Waals surface area contributed by atoms with E-state index >= 15 is 0 Å². The normalized spacial score (nSPS) is 40.3. The molecule has 0 unspecified atom stereocenters. The number of aliphatic carboxylic acids is 1. The maximum absolute atomic E-state index is 11.5. The van der Waals surface area contributed by atoms with E-state index in [1.54, 1.807) is 0 Å². The standard InChI is InChI=1S/C22H34O5/c1-15(23)26-14-16-7-8-17-19(2,3)9-6-10-21(17,5)22(16)12-11-20(4,27-22)13-18(24)25/h7,17H,6,8-14H2,1-5H3,(H,24,25)/t17-,20-,21-,22+/m0/s1. The molecule has 0 aromatic carbocycles. The molecule has 2 fully saturated rings. The zero-order valence-electron chi connectivity index (χ0n) is 17.4. The van der Waals surface area contributed by atoms with E-state index in [2.05, 4.69) is 26.8 Å². The zero-order chi connectivity index (χ0) is 20.1. The first-order valence-electron chi connectivity index (χ1n) is 10.2. The predicted molar refractivity (Wildman–Crippen MR) is 102 cm³/mol. The van der Waals surface area contributed by atoms with Crippen molar-refractivity contribution in [1.82, 2.24) is 0 Å². The van der Waals surface area contributed by atoms with Crippen LogP contribution >= 0.6 is 0 Å². The third-order valence-electron chi connectivity index (χ3n) is 7.65. The van der Waals surface area contributed by atoms with E-state index < -0.39 is 17.2 Å². The van der Waals surface area contributed by atoms with E-state index in [-0.39, 0.29) is 29.8 Å². The maximum Gasteiger partial charge on any atom is 0.306 e. The second-order valence-corrected chi connectivity index (χ2v) is 10.0. The van der Waals surface area contributed by atoms with Gasteiger partial charge in [0.15, 0.2) is 0 Å². The molecule has 0 bridgehead atoms. The molecule has 3 aliphatic rings. The molecule has 1 spiro atoms. The summed E-state index contributed by atoms with van der Waals surface area (Å²) in [5, 5.41) is 9.38. The summed E-state index contributed by atoms with van der Waals surface area (Å²) in [5.41, 5.74) is -0.0855. The van der Waals surface area contributed by atoms with Crippen LogP contribution in [0.25, 0.3) is 0 Å². The molecule has 1 aliphatic heterocycles. The average molecular weight is 379 g/mol. The quantitative estimate of drug-likeness (QED) is 0.576. The molecule has 1 heterocycles. The van der Waals surface area contributed by atoms with Crippen molar-refractivity contribution in [3.63, 3.8) is 0 Å². The second-order valence-electron chi connectivity index (χ2n) is 10.0. The van der Waals surface area contributed by atoms with Crippen molar-refractivity contribution < 1.29 is 24.2 Å². The first kappa shape index (κ1) is 20.4. The fraction of sp³-hybridized carbons (Fsp3) is 0.818. The number of carboxylic acid groups (broad SMARTS) is 1. The number of carbonyl (C=O) groups is 2. The SMILES string of the molecule is CC(=O)OCC1=CC[C@H]2C(C)(C)CCC[C@]2(C)[C@@]12CC[C@@](C)(CC(=O)O)O2. The van der Waals surface area contributed by atoms with Gasteiger partial charge in [-0.15, -0.1) is 0 Å². The zero-order valence-corrected chi connectivity index (χ0v) is 17.4. The summed E-state index contributed by atoms with van der Waals surface area (Å²) in [5.74, 6) is -0.665. The lowest BCUT2D eigenvalue weighted by Gasteiger charge is -2.61. The molecule has 0 amide bonds. The highest BCUT2D eigenvalue weighted by molar-refractivity contribution is 5.68. The molecule has 1 saturated heterocycles. The first-order chi connectivity index (χ1) is 12.4. The molecule has 2 aliphatic carbocycles. The number of fused-ring (bicyclic) bond motifs is 2. The van der Waals surface area contributed by atoms with Gasteiger partial charge in [0.2, 0.25) is 0 Å². The number of ether oxygens (including phenoxy) is 2. The van der Waals surface area contributed by atoms with Gasteiger partial charge in [0.25, 0.3) is 0 Å². The fourth-order valence-corrected chi connectivity index (χ4v) is 6.37. The van der Waals surface area contributed by atoms with E-state index in [9.17, 15) is 14.7 Å². The highest BCUT2D eigenvalue weighted by Crippen LogP contribution is 2.66. The molecule has 4 atom stereocenters. The molecular formula is C22H34O5. The lowest BCUT2D eigenvalue weighted by atomic mass is 9.46. The molecule has 152 valence electrons. The third-order valence-corrected chi connectivity index (χ3v) is 7.65. The molecular weight excluding hydrogens is 344 g/mol. The van der Waals surface area contributed by atoms with Crippen molar-refractivity contribution in [1.29, 1.82) is 0 Å². The van der Waals surface area contributed by atoms with Gasteiger partial charge in [-0.05, 0) is 55.9 Å². The number of allylic oxidation sites excluding steroid dienone is 1. The van der Waals surface area contributed by atoms with Crippen molar-refractivity contribution in [2.45, 2.75) is 90.8 Å². The topological polar surface area (TPSA) is 72.8 Å². The smallest absolute Gasteiger partial charge is 0.306 e. The molecule has 1 N–H and O–H groups in total. The van der Waals surface area contributed by atoms with Crippen molar-refractivity contribution in [3.8, 4) is 0 Å². The molecule has 0 radical (unpaired) electrons. The minimum Gasteiger partial charge on any atom is -0.481 e. The maximum atomic E-state index is 11.5. The van der Waals surface area contributed by atoms with Gasteiger partial charge in [0.1, 0.15) is 6.61 Å². The molecule has 5 heteroatoms. The Morgan fingerprint density at radius 3 is 2.52 bits per heavy atom. The molecule has 27 heavy (non-hydrogen) atoms. The van der Waals surface area contributed by atoms with Gasteiger partial charge in [-0.3, -0.25) is 9.59 Å². The van der Waals surface area contributed by atoms with Gasteiger partial charge in [-0.25, -0.2) is 0 Å². The van der Waals surface area contributed by atoms with Crippen LogP contribution in [0.2, 0.25) is 0 Å². The van der Waals surface area contributed by atoms with Crippen LogP contribution in [0, 0.1) is 16.7 Å². The van der Waals surface area contributed by atoms with Gasteiger partial charge < -0.3 is 14.6 Å². The van der Waals surface area contributed by atoms with Gasteiger partial charge >= 0.3 is 11.9 Å². The van der Waals surface area contributed by atoms with Crippen molar-refractivity contribution >= 4 is 11.9 Å². The Morgan fingerprint density at radius 1 is 1.19 bits per heavy atom. The van der Waals surface area contributed by atoms with Gasteiger partial charge in [0, 0.05) is 12.3 Å². The molecule has 3 rings (SSSR count). The Labute approximate surface area is 162 Å². The van der Waals surface area contributed by atoms with E-state index in [1.165, 1.54) is 13.3 Å². The van der Waals surface area contributed by atoms with Crippen LogP contribution in [0.1, 0.15) is 79.6 Å². The number of hydrogen-bond acceptors (Lipinski definition) is 4. The van der Waals surface area contributed by atoms with E-state index in [0.717, 1.165) is 31.3 Å². The summed E-state index contributed by atoms with van der Waals surface area (Å²) >= 11 is 0. The number of rotatable bonds is 4. The summed E-state index contributed by atoms with van der Waals surface area (Å²) < 4.78 is 12.1. The predicted octanol–water partition coefficient (Wildman–Crippen LogP) is 4.49. The first-order valence-corrected chi connectivity index (χ1v) is 10.2.